The molecule has 0 aromatic heterocycles. The number of hydrogen-bond donors (Lipinski definition) is 2. The van der Waals surface area contributed by atoms with E-state index in [-0.39, 0.29) is 17.1 Å². The van der Waals surface area contributed by atoms with E-state index in [4.69, 9.17) is 4.74 Å². The fourth-order valence-corrected chi connectivity index (χ4v) is 5.51. The van der Waals surface area contributed by atoms with Crippen molar-refractivity contribution in [3.8, 4) is 5.75 Å². The summed E-state index contributed by atoms with van der Waals surface area (Å²) in [4.78, 5) is 25.0. The number of rotatable bonds is 4. The molecule has 26 heavy (non-hydrogen) atoms. The topological polar surface area (TPSA) is 67.4 Å². The van der Waals surface area contributed by atoms with Crippen LogP contribution in [-0.2, 0) is 9.59 Å². The quantitative estimate of drug-likeness (QED) is 0.811. The van der Waals surface area contributed by atoms with Gasteiger partial charge in [0.1, 0.15) is 11.6 Å². The first-order valence-electron chi connectivity index (χ1n) is 9.46. The molecule has 4 aliphatic carbocycles. The summed E-state index contributed by atoms with van der Waals surface area (Å²) in [7, 11) is 0. The van der Waals surface area contributed by atoms with Gasteiger partial charge in [-0.2, -0.15) is 0 Å². The molecule has 5 nitrogen and oxygen atoms in total. The molecule has 2 amide bonds. The van der Waals surface area contributed by atoms with Crippen LogP contribution in [0.2, 0.25) is 0 Å². The Kier molecular flexibility index (Phi) is 4.37. The summed E-state index contributed by atoms with van der Waals surface area (Å²) in [6.45, 7) is 1.59. The van der Waals surface area contributed by atoms with Gasteiger partial charge in [0.25, 0.3) is 5.91 Å². The predicted molar refractivity (Wildman–Crippen MR) is 93.4 cm³/mol. The summed E-state index contributed by atoms with van der Waals surface area (Å²) in [6, 6.07) is 5.48. The number of ether oxygens (including phenoxy) is 1. The van der Waals surface area contributed by atoms with E-state index >= 15 is 0 Å². The van der Waals surface area contributed by atoms with Crippen LogP contribution in [0.25, 0.3) is 0 Å². The maximum absolute atomic E-state index is 12.9. The fraction of sp³-hybridized carbons (Fsp3) is 0.600. The number of hydrogen-bond acceptors (Lipinski definition) is 3. The Hall–Kier alpha value is -2.11. The fourth-order valence-electron chi connectivity index (χ4n) is 5.51. The lowest BCUT2D eigenvalue weighted by molar-refractivity contribution is -0.149. The lowest BCUT2D eigenvalue weighted by Gasteiger charge is -2.55. The van der Waals surface area contributed by atoms with Crippen LogP contribution in [0.3, 0.4) is 0 Å². The third kappa shape index (κ3) is 3.29. The Morgan fingerprint density at radius 1 is 1.04 bits per heavy atom. The maximum Gasteiger partial charge on any atom is 0.279 e. The molecule has 4 saturated carbocycles. The Morgan fingerprint density at radius 3 is 2.12 bits per heavy atom. The molecule has 6 heteroatoms. The first-order chi connectivity index (χ1) is 12.4. The van der Waals surface area contributed by atoms with Crippen LogP contribution in [-0.4, -0.2) is 17.9 Å². The van der Waals surface area contributed by atoms with Gasteiger partial charge in [0.05, 0.1) is 5.41 Å². The number of nitrogens with one attached hydrogen (secondary N) is 2. The molecule has 2 N–H and O–H groups in total. The van der Waals surface area contributed by atoms with E-state index in [0.717, 1.165) is 19.3 Å². The monoisotopic (exact) mass is 360 g/mol. The Morgan fingerprint density at radius 2 is 1.58 bits per heavy atom. The summed E-state index contributed by atoms with van der Waals surface area (Å²) < 4.78 is 18.4. The second kappa shape index (κ2) is 6.56. The highest BCUT2D eigenvalue weighted by Crippen LogP contribution is 2.60. The van der Waals surface area contributed by atoms with Crippen molar-refractivity contribution >= 4 is 11.8 Å². The molecule has 4 aliphatic rings. The molecular weight excluding hydrogens is 335 g/mol. The molecule has 1 atom stereocenters. The van der Waals surface area contributed by atoms with Gasteiger partial charge in [-0.1, -0.05) is 0 Å². The SMILES string of the molecule is CC(Oc1ccc(F)cc1)C(=O)NNC(=O)C12CC3CC(CC(C3)C1)C2. The minimum Gasteiger partial charge on any atom is -0.481 e. The molecule has 1 aromatic carbocycles. The van der Waals surface area contributed by atoms with Crippen LogP contribution in [0.15, 0.2) is 24.3 Å². The molecule has 140 valence electrons. The molecule has 1 aromatic rings. The summed E-state index contributed by atoms with van der Waals surface area (Å²) in [5, 5.41) is 0. The van der Waals surface area contributed by atoms with Crippen LogP contribution >= 0.6 is 0 Å². The van der Waals surface area contributed by atoms with E-state index in [1.807, 2.05) is 0 Å². The van der Waals surface area contributed by atoms with E-state index in [0.29, 0.717) is 23.5 Å². The standard InChI is InChI=1S/C20H25FN2O3/c1-12(26-17-4-2-16(21)3-5-17)18(24)22-23-19(25)20-9-13-6-14(10-20)8-15(7-13)11-20/h2-5,12-15H,6-11H2,1H3,(H,22,24)(H,23,25). The number of benzene rings is 1. The third-order valence-electron chi connectivity index (χ3n) is 6.31. The minimum atomic E-state index is -0.794. The number of amides is 2. The van der Waals surface area contributed by atoms with Gasteiger partial charge in [-0.3, -0.25) is 20.4 Å². The Balaban J connectivity index is 1.31. The second-order valence-corrected chi connectivity index (χ2v) is 8.36. The van der Waals surface area contributed by atoms with Gasteiger partial charge in [0.2, 0.25) is 5.91 Å². The van der Waals surface area contributed by atoms with E-state index in [1.165, 1.54) is 43.5 Å². The van der Waals surface area contributed by atoms with Crippen LogP contribution in [0, 0.1) is 29.0 Å². The van der Waals surface area contributed by atoms with Gasteiger partial charge in [-0.05, 0) is 87.5 Å². The largest absolute Gasteiger partial charge is 0.481 e. The van der Waals surface area contributed by atoms with E-state index in [1.54, 1.807) is 6.92 Å². The van der Waals surface area contributed by atoms with Crippen LogP contribution < -0.4 is 15.6 Å². The van der Waals surface area contributed by atoms with E-state index < -0.39 is 12.0 Å². The van der Waals surface area contributed by atoms with Gasteiger partial charge < -0.3 is 4.74 Å². The molecule has 1 unspecified atom stereocenters. The average Bonchev–Trinajstić information content (AvgIpc) is 2.60. The van der Waals surface area contributed by atoms with Gasteiger partial charge in [-0.25, -0.2) is 4.39 Å². The first kappa shape index (κ1) is 17.3. The van der Waals surface area contributed by atoms with Gasteiger partial charge >= 0.3 is 0 Å². The van der Waals surface area contributed by atoms with Crippen molar-refractivity contribution in [1.29, 1.82) is 0 Å². The smallest absolute Gasteiger partial charge is 0.279 e. The number of halogens is 1. The van der Waals surface area contributed by atoms with Gasteiger partial charge in [0, 0.05) is 0 Å². The van der Waals surface area contributed by atoms with Crippen LogP contribution in [0.1, 0.15) is 45.4 Å². The van der Waals surface area contributed by atoms with Crippen molar-refractivity contribution in [1.82, 2.24) is 10.9 Å². The summed E-state index contributed by atoms with van der Waals surface area (Å²) in [5.41, 5.74) is 4.84. The summed E-state index contributed by atoms with van der Waals surface area (Å²) >= 11 is 0. The molecule has 0 saturated heterocycles. The highest BCUT2D eigenvalue weighted by molar-refractivity contribution is 5.87. The zero-order chi connectivity index (χ0) is 18.3. The zero-order valence-electron chi connectivity index (χ0n) is 15.0. The van der Waals surface area contributed by atoms with Crippen molar-refractivity contribution in [3.05, 3.63) is 30.1 Å². The zero-order valence-corrected chi connectivity index (χ0v) is 15.0. The molecule has 4 bridgehead atoms. The van der Waals surface area contributed by atoms with Crippen molar-refractivity contribution in [2.24, 2.45) is 23.2 Å². The predicted octanol–water partition coefficient (Wildman–Crippen LogP) is 2.96. The summed E-state index contributed by atoms with van der Waals surface area (Å²) in [5.74, 6) is 1.57. The van der Waals surface area contributed by atoms with Gasteiger partial charge in [-0.15, -0.1) is 0 Å². The van der Waals surface area contributed by atoms with Crippen molar-refractivity contribution in [2.45, 2.75) is 51.6 Å². The first-order valence-corrected chi connectivity index (χ1v) is 9.46. The molecule has 0 spiro atoms. The number of carbonyl (C=O) groups is 2. The average molecular weight is 360 g/mol. The minimum absolute atomic E-state index is 0.0565. The third-order valence-corrected chi connectivity index (χ3v) is 6.31. The van der Waals surface area contributed by atoms with E-state index in [2.05, 4.69) is 10.9 Å². The van der Waals surface area contributed by atoms with Crippen molar-refractivity contribution in [2.75, 3.05) is 0 Å². The normalized spacial score (nSPS) is 32.8. The Labute approximate surface area is 152 Å². The van der Waals surface area contributed by atoms with E-state index in [9.17, 15) is 14.0 Å². The van der Waals surface area contributed by atoms with Crippen molar-refractivity contribution in [3.63, 3.8) is 0 Å². The van der Waals surface area contributed by atoms with Crippen LogP contribution in [0.4, 0.5) is 4.39 Å². The van der Waals surface area contributed by atoms with Crippen LogP contribution in [0.5, 0.6) is 5.75 Å². The van der Waals surface area contributed by atoms with Gasteiger partial charge in [0.15, 0.2) is 6.10 Å². The summed E-state index contributed by atoms with van der Waals surface area (Å²) in [6.07, 6.45) is 5.84. The molecular formula is C20H25FN2O3. The molecule has 4 fully saturated rings. The maximum atomic E-state index is 12.9. The molecule has 0 radical (unpaired) electrons. The second-order valence-electron chi connectivity index (χ2n) is 8.36. The van der Waals surface area contributed by atoms with Crippen molar-refractivity contribution < 1.29 is 18.7 Å². The lowest BCUT2D eigenvalue weighted by atomic mass is 9.49. The highest BCUT2D eigenvalue weighted by atomic mass is 19.1. The molecule has 5 rings (SSSR count). The number of carbonyl (C=O) groups excluding carboxylic acids is 2. The molecule has 0 heterocycles. The highest BCUT2D eigenvalue weighted by Gasteiger charge is 2.54. The lowest BCUT2D eigenvalue weighted by Crippen LogP contribution is -2.57. The Bertz CT molecular complexity index is 668. The molecule has 0 aliphatic heterocycles. The number of hydrazine groups is 1.